The summed E-state index contributed by atoms with van der Waals surface area (Å²) >= 11 is 1.36. The van der Waals surface area contributed by atoms with Crippen molar-refractivity contribution in [3.8, 4) is 0 Å². The molecule has 10 heavy (non-hydrogen) atoms. The van der Waals surface area contributed by atoms with Crippen LogP contribution in [0.4, 0.5) is 4.39 Å². The maximum atomic E-state index is 12.6. The van der Waals surface area contributed by atoms with Crippen LogP contribution in [0.2, 0.25) is 0 Å². The number of thiophene rings is 1. The van der Waals surface area contributed by atoms with Gasteiger partial charge in [-0.3, -0.25) is 0 Å². The van der Waals surface area contributed by atoms with E-state index in [9.17, 15) is 9.18 Å². The summed E-state index contributed by atoms with van der Waals surface area (Å²) in [7, 11) is 0. The average molecular weight is 158 g/mol. The molecule has 0 amide bonds. The second-order valence-corrected chi connectivity index (χ2v) is 2.90. The highest BCUT2D eigenvalue weighted by molar-refractivity contribution is 7.09. The van der Waals surface area contributed by atoms with Gasteiger partial charge in [-0.1, -0.05) is 0 Å². The Balaban J connectivity index is 2.56. The van der Waals surface area contributed by atoms with Crippen LogP contribution in [0.1, 0.15) is 11.3 Å². The fraction of sp³-hybridized carbons (Fsp3) is 0.286. The topological polar surface area (TPSA) is 17.1 Å². The van der Waals surface area contributed by atoms with Crippen molar-refractivity contribution in [1.29, 1.82) is 0 Å². The number of rotatable bonds is 3. The quantitative estimate of drug-likeness (QED) is 0.615. The molecule has 0 aliphatic heterocycles. The first-order valence-corrected chi connectivity index (χ1v) is 3.88. The van der Waals surface area contributed by atoms with Gasteiger partial charge in [0.2, 0.25) is 0 Å². The lowest BCUT2D eigenvalue weighted by atomic mass is 10.3. The summed E-state index contributed by atoms with van der Waals surface area (Å²) in [5, 5.41) is 1.69. The molecule has 0 atom stereocenters. The summed E-state index contributed by atoms with van der Waals surface area (Å²) in [6.45, 7) is 0. The number of hydrogen-bond acceptors (Lipinski definition) is 2. The number of carbonyl (C=O) groups is 1. The van der Waals surface area contributed by atoms with Gasteiger partial charge in [-0.25, -0.2) is 4.39 Å². The first-order chi connectivity index (χ1) is 4.84. The fourth-order valence-electron chi connectivity index (χ4n) is 0.693. The standard InChI is InChI=1S/C7H7FOS/c8-6-3-5-10-7(6)2-1-4-9/h3-5H,1-2H2. The minimum Gasteiger partial charge on any atom is -0.303 e. The Labute approximate surface area is 62.5 Å². The molecule has 0 saturated heterocycles. The zero-order valence-corrected chi connectivity index (χ0v) is 6.16. The first-order valence-electron chi connectivity index (χ1n) is 3.00. The van der Waals surface area contributed by atoms with E-state index in [1.807, 2.05) is 0 Å². The van der Waals surface area contributed by atoms with Crippen LogP contribution in [0.5, 0.6) is 0 Å². The van der Waals surface area contributed by atoms with E-state index >= 15 is 0 Å². The van der Waals surface area contributed by atoms with Crippen LogP contribution in [0.25, 0.3) is 0 Å². The van der Waals surface area contributed by atoms with Crippen LogP contribution >= 0.6 is 11.3 Å². The largest absolute Gasteiger partial charge is 0.303 e. The molecule has 1 aromatic rings. The molecule has 0 aliphatic carbocycles. The molecule has 0 aromatic carbocycles. The Morgan fingerprint density at radius 1 is 1.70 bits per heavy atom. The lowest BCUT2D eigenvalue weighted by molar-refractivity contribution is -0.107. The molecular weight excluding hydrogens is 151 g/mol. The van der Waals surface area contributed by atoms with Crippen LogP contribution in [0.15, 0.2) is 11.4 Å². The van der Waals surface area contributed by atoms with Crippen LogP contribution in [0.3, 0.4) is 0 Å². The average Bonchev–Trinajstić information content (AvgIpc) is 2.31. The van der Waals surface area contributed by atoms with Crippen LogP contribution in [-0.4, -0.2) is 6.29 Å². The van der Waals surface area contributed by atoms with Crippen molar-refractivity contribution >= 4 is 17.6 Å². The van der Waals surface area contributed by atoms with Gasteiger partial charge in [-0.2, -0.15) is 0 Å². The van der Waals surface area contributed by atoms with Crippen LogP contribution < -0.4 is 0 Å². The van der Waals surface area contributed by atoms with Crippen molar-refractivity contribution in [3.63, 3.8) is 0 Å². The van der Waals surface area contributed by atoms with E-state index in [2.05, 4.69) is 0 Å². The lowest BCUT2D eigenvalue weighted by Gasteiger charge is -1.88. The Kier molecular flexibility index (Phi) is 2.57. The number of halogens is 1. The van der Waals surface area contributed by atoms with Crippen molar-refractivity contribution in [2.24, 2.45) is 0 Å². The third-order valence-electron chi connectivity index (χ3n) is 1.18. The van der Waals surface area contributed by atoms with E-state index in [4.69, 9.17) is 0 Å². The van der Waals surface area contributed by atoms with Crippen LogP contribution in [0, 0.1) is 5.82 Å². The van der Waals surface area contributed by atoms with Gasteiger partial charge in [0.1, 0.15) is 12.1 Å². The van der Waals surface area contributed by atoms with Gasteiger partial charge in [0.15, 0.2) is 0 Å². The zero-order valence-electron chi connectivity index (χ0n) is 5.34. The number of hydrogen-bond donors (Lipinski definition) is 0. The predicted octanol–water partition coefficient (Wildman–Crippen LogP) is 2.02. The molecule has 0 aliphatic rings. The maximum Gasteiger partial charge on any atom is 0.137 e. The Hall–Kier alpha value is -0.700. The van der Waals surface area contributed by atoms with Gasteiger partial charge in [0, 0.05) is 11.3 Å². The number of aldehydes is 1. The van der Waals surface area contributed by atoms with E-state index < -0.39 is 0 Å². The van der Waals surface area contributed by atoms with Crippen molar-refractivity contribution < 1.29 is 9.18 Å². The summed E-state index contributed by atoms with van der Waals surface area (Å²) in [5.74, 6) is -0.188. The Morgan fingerprint density at radius 2 is 2.50 bits per heavy atom. The molecular formula is C7H7FOS. The normalized spacial score (nSPS) is 9.70. The SMILES string of the molecule is O=CCCc1sccc1F. The maximum absolute atomic E-state index is 12.6. The molecule has 0 bridgehead atoms. The third kappa shape index (κ3) is 1.64. The molecule has 1 heterocycles. The highest BCUT2D eigenvalue weighted by atomic mass is 32.1. The Bertz CT molecular complexity index is 219. The molecule has 0 radical (unpaired) electrons. The predicted molar refractivity (Wildman–Crippen MR) is 38.7 cm³/mol. The van der Waals surface area contributed by atoms with Gasteiger partial charge in [0.25, 0.3) is 0 Å². The van der Waals surface area contributed by atoms with Gasteiger partial charge < -0.3 is 4.79 Å². The molecule has 1 aromatic heterocycles. The molecule has 0 fully saturated rings. The third-order valence-corrected chi connectivity index (χ3v) is 2.14. The highest BCUT2D eigenvalue weighted by Crippen LogP contribution is 2.15. The van der Waals surface area contributed by atoms with E-state index in [0.29, 0.717) is 17.7 Å². The van der Waals surface area contributed by atoms with Crippen LogP contribution in [-0.2, 0) is 11.2 Å². The van der Waals surface area contributed by atoms with Crippen molar-refractivity contribution in [3.05, 3.63) is 22.1 Å². The summed E-state index contributed by atoms with van der Waals surface area (Å²) in [5.41, 5.74) is 0. The van der Waals surface area contributed by atoms with Crippen molar-refractivity contribution in [2.75, 3.05) is 0 Å². The van der Waals surface area contributed by atoms with E-state index in [1.54, 1.807) is 5.38 Å². The molecule has 1 nitrogen and oxygen atoms in total. The smallest absolute Gasteiger partial charge is 0.137 e. The summed E-state index contributed by atoms with van der Waals surface area (Å²) in [6, 6.07) is 1.42. The van der Waals surface area contributed by atoms with Gasteiger partial charge >= 0.3 is 0 Å². The molecule has 0 spiro atoms. The molecule has 3 heteroatoms. The number of aryl methyl sites for hydroxylation is 1. The van der Waals surface area contributed by atoms with Crippen molar-refractivity contribution in [2.45, 2.75) is 12.8 Å². The highest BCUT2D eigenvalue weighted by Gasteiger charge is 2.00. The van der Waals surface area contributed by atoms with Gasteiger partial charge in [-0.15, -0.1) is 11.3 Å². The molecule has 0 unspecified atom stereocenters. The number of carbonyl (C=O) groups excluding carboxylic acids is 1. The molecule has 0 N–H and O–H groups in total. The van der Waals surface area contributed by atoms with Gasteiger partial charge in [-0.05, 0) is 17.9 Å². The molecule has 0 saturated carbocycles. The van der Waals surface area contributed by atoms with Crippen molar-refractivity contribution in [1.82, 2.24) is 0 Å². The zero-order chi connectivity index (χ0) is 7.40. The second-order valence-electron chi connectivity index (χ2n) is 1.90. The Morgan fingerprint density at radius 3 is 3.00 bits per heavy atom. The summed E-state index contributed by atoms with van der Waals surface area (Å²) in [4.78, 5) is 10.6. The van der Waals surface area contributed by atoms with E-state index in [1.165, 1.54) is 17.4 Å². The van der Waals surface area contributed by atoms with Gasteiger partial charge in [0.05, 0.1) is 0 Å². The lowest BCUT2D eigenvalue weighted by Crippen LogP contribution is -1.83. The minimum atomic E-state index is -0.188. The first kappa shape index (κ1) is 7.41. The minimum absolute atomic E-state index is 0.188. The monoisotopic (exact) mass is 158 g/mol. The molecule has 1 rings (SSSR count). The second kappa shape index (κ2) is 3.46. The summed E-state index contributed by atoms with van der Waals surface area (Å²) in [6.07, 6.45) is 1.75. The van der Waals surface area contributed by atoms with E-state index in [-0.39, 0.29) is 5.82 Å². The fourth-order valence-corrected chi connectivity index (χ4v) is 1.46. The molecule has 54 valence electrons. The van der Waals surface area contributed by atoms with E-state index in [0.717, 1.165) is 6.29 Å². The summed E-state index contributed by atoms with van der Waals surface area (Å²) < 4.78 is 12.6.